The zero-order valence-electron chi connectivity index (χ0n) is 12.5. The number of hydrogen-bond donors (Lipinski definition) is 1. The maximum Gasteiger partial charge on any atom is 0.259 e. The van der Waals surface area contributed by atoms with Crippen LogP contribution in [-0.2, 0) is 0 Å². The Kier molecular flexibility index (Phi) is 3.82. The number of ether oxygens (including phenoxy) is 2. The molecule has 1 aromatic heterocycles. The molecule has 1 amide bonds. The lowest BCUT2D eigenvalue weighted by Gasteiger charge is -2.19. The molecular weight excluding hydrogens is 282 g/mol. The predicted molar refractivity (Wildman–Crippen MR) is 83.9 cm³/mol. The van der Waals surface area contributed by atoms with Gasteiger partial charge in [-0.15, -0.1) is 0 Å². The van der Waals surface area contributed by atoms with Gasteiger partial charge in [0.15, 0.2) is 11.5 Å². The van der Waals surface area contributed by atoms with E-state index in [0.717, 1.165) is 0 Å². The highest BCUT2D eigenvalue weighted by Gasteiger charge is 2.16. The Hall–Kier alpha value is -2.76. The Balaban J connectivity index is 1.83. The van der Waals surface area contributed by atoms with Crippen LogP contribution in [-0.4, -0.2) is 38.2 Å². The summed E-state index contributed by atoms with van der Waals surface area (Å²) >= 11 is 0. The molecular formula is C16H17N3O3. The van der Waals surface area contributed by atoms with Crippen molar-refractivity contribution in [1.82, 2.24) is 4.98 Å². The number of carbonyl (C=O) groups is 1. The van der Waals surface area contributed by atoms with Crippen molar-refractivity contribution in [3.05, 3.63) is 42.1 Å². The van der Waals surface area contributed by atoms with E-state index in [1.54, 1.807) is 41.4 Å². The SMILES string of the molecule is CN(C)c1ncccc1C(=O)Nc1ccc2c(c1)OCCO2. The van der Waals surface area contributed by atoms with Crippen LogP contribution in [0.15, 0.2) is 36.5 Å². The van der Waals surface area contributed by atoms with Crippen LogP contribution in [0.1, 0.15) is 10.4 Å². The molecule has 6 heteroatoms. The molecule has 1 aromatic carbocycles. The van der Waals surface area contributed by atoms with Gasteiger partial charge in [-0.3, -0.25) is 4.79 Å². The molecule has 0 saturated carbocycles. The van der Waals surface area contributed by atoms with Gasteiger partial charge in [0, 0.05) is 32.0 Å². The van der Waals surface area contributed by atoms with Gasteiger partial charge in [0.1, 0.15) is 19.0 Å². The maximum absolute atomic E-state index is 12.5. The summed E-state index contributed by atoms with van der Waals surface area (Å²) in [5.74, 6) is 1.74. The molecule has 0 atom stereocenters. The first-order valence-corrected chi connectivity index (χ1v) is 6.98. The summed E-state index contributed by atoms with van der Waals surface area (Å²) in [4.78, 5) is 18.5. The Bertz CT molecular complexity index is 701. The number of nitrogens with zero attached hydrogens (tertiary/aromatic N) is 2. The Morgan fingerprint density at radius 3 is 2.73 bits per heavy atom. The summed E-state index contributed by atoms with van der Waals surface area (Å²) in [6, 6.07) is 8.83. The minimum atomic E-state index is -0.214. The molecule has 2 aromatic rings. The monoisotopic (exact) mass is 299 g/mol. The molecule has 1 aliphatic rings. The quantitative estimate of drug-likeness (QED) is 0.941. The highest BCUT2D eigenvalue weighted by Crippen LogP contribution is 2.32. The summed E-state index contributed by atoms with van der Waals surface area (Å²) in [7, 11) is 3.70. The molecule has 1 N–H and O–H groups in total. The maximum atomic E-state index is 12.5. The van der Waals surface area contributed by atoms with Gasteiger partial charge in [0.25, 0.3) is 5.91 Å². The van der Waals surface area contributed by atoms with Crippen molar-refractivity contribution < 1.29 is 14.3 Å². The third-order valence-electron chi connectivity index (χ3n) is 3.25. The summed E-state index contributed by atoms with van der Waals surface area (Å²) in [6.07, 6.45) is 1.66. The molecule has 114 valence electrons. The van der Waals surface area contributed by atoms with Crippen molar-refractivity contribution in [2.45, 2.75) is 0 Å². The van der Waals surface area contributed by atoms with Crippen LogP contribution in [0, 0.1) is 0 Å². The zero-order chi connectivity index (χ0) is 15.5. The minimum absolute atomic E-state index is 0.214. The van der Waals surface area contributed by atoms with Crippen LogP contribution in [0.3, 0.4) is 0 Å². The van der Waals surface area contributed by atoms with Crippen molar-refractivity contribution >= 4 is 17.4 Å². The molecule has 0 aliphatic carbocycles. The average molecular weight is 299 g/mol. The van der Waals surface area contributed by atoms with Crippen LogP contribution in [0.2, 0.25) is 0 Å². The van der Waals surface area contributed by atoms with Crippen molar-refractivity contribution in [3.63, 3.8) is 0 Å². The van der Waals surface area contributed by atoms with Crippen LogP contribution in [0.25, 0.3) is 0 Å². The van der Waals surface area contributed by atoms with E-state index in [0.29, 0.717) is 41.8 Å². The van der Waals surface area contributed by atoms with E-state index in [-0.39, 0.29) is 5.91 Å². The molecule has 6 nitrogen and oxygen atoms in total. The van der Waals surface area contributed by atoms with E-state index >= 15 is 0 Å². The van der Waals surface area contributed by atoms with Gasteiger partial charge >= 0.3 is 0 Å². The van der Waals surface area contributed by atoms with Gasteiger partial charge in [-0.05, 0) is 24.3 Å². The van der Waals surface area contributed by atoms with Crippen molar-refractivity contribution in [3.8, 4) is 11.5 Å². The minimum Gasteiger partial charge on any atom is -0.486 e. The van der Waals surface area contributed by atoms with Gasteiger partial charge < -0.3 is 19.7 Å². The average Bonchev–Trinajstić information content (AvgIpc) is 2.54. The fourth-order valence-corrected chi connectivity index (χ4v) is 2.25. The van der Waals surface area contributed by atoms with Gasteiger partial charge in [-0.1, -0.05) is 0 Å². The summed E-state index contributed by atoms with van der Waals surface area (Å²) < 4.78 is 11.0. The molecule has 0 bridgehead atoms. The Morgan fingerprint density at radius 1 is 1.18 bits per heavy atom. The number of pyridine rings is 1. The standard InChI is InChI=1S/C16H17N3O3/c1-19(2)15-12(4-3-7-17-15)16(20)18-11-5-6-13-14(10-11)22-9-8-21-13/h3-7,10H,8-9H2,1-2H3,(H,18,20). The third-order valence-corrected chi connectivity index (χ3v) is 3.25. The first-order valence-electron chi connectivity index (χ1n) is 6.98. The van der Waals surface area contributed by atoms with Crippen LogP contribution >= 0.6 is 0 Å². The highest BCUT2D eigenvalue weighted by atomic mass is 16.6. The van der Waals surface area contributed by atoms with Crippen LogP contribution < -0.4 is 19.7 Å². The van der Waals surface area contributed by atoms with Crippen molar-refractivity contribution in [2.24, 2.45) is 0 Å². The largest absolute Gasteiger partial charge is 0.486 e. The molecule has 22 heavy (non-hydrogen) atoms. The van der Waals surface area contributed by atoms with E-state index < -0.39 is 0 Å². The third kappa shape index (κ3) is 2.81. The second-order valence-corrected chi connectivity index (χ2v) is 5.08. The number of carbonyl (C=O) groups excluding carboxylic acids is 1. The van der Waals surface area contributed by atoms with Crippen molar-refractivity contribution in [1.29, 1.82) is 0 Å². The molecule has 3 rings (SSSR count). The first-order chi connectivity index (χ1) is 10.6. The second kappa shape index (κ2) is 5.93. The van der Waals surface area contributed by atoms with Crippen molar-refractivity contribution in [2.75, 3.05) is 37.5 Å². The number of benzene rings is 1. The fourth-order valence-electron chi connectivity index (χ4n) is 2.25. The van der Waals surface area contributed by atoms with Crippen LogP contribution in [0.4, 0.5) is 11.5 Å². The van der Waals surface area contributed by atoms with E-state index in [1.807, 2.05) is 14.1 Å². The summed E-state index contributed by atoms with van der Waals surface area (Å²) in [6.45, 7) is 1.05. The fraction of sp³-hybridized carbons (Fsp3) is 0.250. The lowest BCUT2D eigenvalue weighted by molar-refractivity contribution is 0.102. The number of aromatic nitrogens is 1. The predicted octanol–water partition coefficient (Wildman–Crippen LogP) is 2.17. The van der Waals surface area contributed by atoms with Gasteiger partial charge in [-0.25, -0.2) is 4.98 Å². The number of nitrogens with one attached hydrogen (secondary N) is 1. The topological polar surface area (TPSA) is 63.7 Å². The molecule has 2 heterocycles. The summed E-state index contributed by atoms with van der Waals surface area (Å²) in [5, 5.41) is 2.86. The number of anilines is 2. The second-order valence-electron chi connectivity index (χ2n) is 5.08. The Morgan fingerprint density at radius 2 is 1.95 bits per heavy atom. The van der Waals surface area contributed by atoms with Crippen LogP contribution in [0.5, 0.6) is 11.5 Å². The zero-order valence-corrected chi connectivity index (χ0v) is 12.5. The number of rotatable bonds is 3. The molecule has 1 aliphatic heterocycles. The number of hydrogen-bond acceptors (Lipinski definition) is 5. The molecule has 0 spiro atoms. The van der Waals surface area contributed by atoms with E-state index in [1.165, 1.54) is 0 Å². The van der Waals surface area contributed by atoms with Gasteiger partial charge in [0.05, 0.1) is 5.56 Å². The lowest BCUT2D eigenvalue weighted by Crippen LogP contribution is -2.20. The lowest BCUT2D eigenvalue weighted by atomic mass is 10.2. The van der Waals surface area contributed by atoms with Gasteiger partial charge in [0.2, 0.25) is 0 Å². The highest BCUT2D eigenvalue weighted by molar-refractivity contribution is 6.07. The first kappa shape index (κ1) is 14.2. The molecule has 0 unspecified atom stereocenters. The molecule has 0 radical (unpaired) electrons. The number of amides is 1. The Labute approximate surface area is 128 Å². The molecule has 0 saturated heterocycles. The molecule has 0 fully saturated rings. The smallest absolute Gasteiger partial charge is 0.259 e. The number of fused-ring (bicyclic) bond motifs is 1. The van der Waals surface area contributed by atoms with E-state index in [9.17, 15) is 4.79 Å². The van der Waals surface area contributed by atoms with E-state index in [4.69, 9.17) is 9.47 Å². The van der Waals surface area contributed by atoms with E-state index in [2.05, 4.69) is 10.3 Å². The normalized spacial score (nSPS) is 12.6. The van der Waals surface area contributed by atoms with Gasteiger partial charge in [-0.2, -0.15) is 0 Å². The summed E-state index contributed by atoms with van der Waals surface area (Å²) in [5.41, 5.74) is 1.17.